The highest BCUT2D eigenvalue weighted by Gasteiger charge is 2.32. The molecule has 21 heavy (non-hydrogen) atoms. The van der Waals surface area contributed by atoms with Crippen molar-refractivity contribution >= 4 is 33.2 Å². The topological polar surface area (TPSA) is 35.8 Å². The molecule has 0 spiro atoms. The first-order valence-electron chi connectivity index (χ1n) is 6.89. The van der Waals surface area contributed by atoms with E-state index in [0.29, 0.717) is 11.5 Å². The van der Waals surface area contributed by atoms with E-state index in [1.54, 1.807) is 0 Å². The molecule has 1 aliphatic carbocycles. The Labute approximate surface area is 137 Å². The Balaban J connectivity index is 1.90. The second kappa shape index (κ2) is 6.09. The van der Waals surface area contributed by atoms with Crippen LogP contribution < -0.4 is 5.32 Å². The predicted molar refractivity (Wildman–Crippen MR) is 89.4 cm³/mol. The van der Waals surface area contributed by atoms with E-state index in [2.05, 4.69) is 39.4 Å². The fraction of sp³-hybridized carbons (Fsp3) is 0.235. The van der Waals surface area contributed by atoms with Crippen molar-refractivity contribution in [2.75, 3.05) is 5.32 Å². The minimum absolute atomic E-state index is 0.232. The minimum Gasteiger partial charge on any atom is -0.377 e. The number of nitriles is 1. The summed E-state index contributed by atoms with van der Waals surface area (Å²) in [6.07, 6.45) is 2.44. The number of anilines is 1. The van der Waals surface area contributed by atoms with Gasteiger partial charge in [0.1, 0.15) is 6.07 Å². The van der Waals surface area contributed by atoms with Gasteiger partial charge < -0.3 is 5.32 Å². The van der Waals surface area contributed by atoms with Gasteiger partial charge in [-0.05, 0) is 54.7 Å². The molecule has 2 nitrogen and oxygen atoms in total. The van der Waals surface area contributed by atoms with Crippen LogP contribution in [0.2, 0.25) is 5.02 Å². The number of benzene rings is 2. The van der Waals surface area contributed by atoms with Crippen molar-refractivity contribution in [2.45, 2.75) is 18.9 Å². The highest BCUT2D eigenvalue weighted by molar-refractivity contribution is 9.10. The summed E-state index contributed by atoms with van der Waals surface area (Å²) < 4.78 is 0.916. The van der Waals surface area contributed by atoms with E-state index >= 15 is 0 Å². The zero-order valence-electron chi connectivity index (χ0n) is 11.3. The van der Waals surface area contributed by atoms with Crippen LogP contribution in [0.5, 0.6) is 0 Å². The average Bonchev–Trinajstić information content (AvgIpc) is 3.31. The first-order chi connectivity index (χ1) is 10.2. The van der Waals surface area contributed by atoms with Gasteiger partial charge >= 0.3 is 0 Å². The van der Waals surface area contributed by atoms with Crippen molar-refractivity contribution in [1.82, 2.24) is 0 Å². The Hall–Kier alpha value is -1.50. The van der Waals surface area contributed by atoms with Crippen molar-refractivity contribution in [1.29, 1.82) is 5.26 Å². The summed E-state index contributed by atoms with van der Waals surface area (Å²) in [7, 11) is 0. The van der Waals surface area contributed by atoms with Gasteiger partial charge in [-0.25, -0.2) is 0 Å². The molecule has 3 rings (SSSR count). The third-order valence-corrected chi connectivity index (χ3v) is 4.48. The van der Waals surface area contributed by atoms with Gasteiger partial charge in [-0.2, -0.15) is 5.26 Å². The molecule has 1 unspecified atom stereocenters. The summed E-state index contributed by atoms with van der Waals surface area (Å²) in [5, 5.41) is 13.6. The molecule has 0 radical (unpaired) electrons. The first-order valence-corrected chi connectivity index (χ1v) is 8.06. The summed E-state index contributed by atoms with van der Waals surface area (Å²) >= 11 is 9.37. The molecule has 2 aromatic carbocycles. The standard InChI is InChI=1S/C17H14BrClN2/c18-14-5-8-16(13(9-14)10-20)21-17(11-1-2-11)12-3-6-15(19)7-4-12/h3-9,11,17,21H,1-2H2. The van der Waals surface area contributed by atoms with Crippen LogP contribution in [0.3, 0.4) is 0 Å². The largest absolute Gasteiger partial charge is 0.377 e. The fourth-order valence-electron chi connectivity index (χ4n) is 2.48. The van der Waals surface area contributed by atoms with E-state index < -0.39 is 0 Å². The molecular weight excluding hydrogens is 348 g/mol. The predicted octanol–water partition coefficient (Wildman–Crippen LogP) is 5.54. The molecule has 1 N–H and O–H groups in total. The first kappa shape index (κ1) is 14.4. The maximum atomic E-state index is 9.29. The highest BCUT2D eigenvalue weighted by Crippen LogP contribution is 2.43. The fourth-order valence-corrected chi connectivity index (χ4v) is 2.96. The molecule has 1 aliphatic rings. The van der Waals surface area contributed by atoms with Crippen molar-refractivity contribution in [3.63, 3.8) is 0 Å². The van der Waals surface area contributed by atoms with Crippen molar-refractivity contribution < 1.29 is 0 Å². The van der Waals surface area contributed by atoms with E-state index in [0.717, 1.165) is 15.2 Å². The van der Waals surface area contributed by atoms with Gasteiger partial charge in [0.2, 0.25) is 0 Å². The van der Waals surface area contributed by atoms with Gasteiger partial charge in [-0.1, -0.05) is 39.7 Å². The Morgan fingerprint density at radius 3 is 2.52 bits per heavy atom. The van der Waals surface area contributed by atoms with E-state index in [1.807, 2.05) is 30.3 Å². The summed E-state index contributed by atoms with van der Waals surface area (Å²) in [4.78, 5) is 0. The lowest BCUT2D eigenvalue weighted by molar-refractivity contribution is 0.679. The molecule has 1 atom stereocenters. The van der Waals surface area contributed by atoms with Crippen molar-refractivity contribution in [3.8, 4) is 6.07 Å². The summed E-state index contributed by atoms with van der Waals surface area (Å²) in [5.74, 6) is 0.626. The molecule has 0 bridgehead atoms. The maximum absolute atomic E-state index is 9.29. The third-order valence-electron chi connectivity index (χ3n) is 3.74. The lowest BCUT2D eigenvalue weighted by Crippen LogP contribution is -2.13. The Kier molecular flexibility index (Phi) is 4.19. The van der Waals surface area contributed by atoms with E-state index in [-0.39, 0.29) is 6.04 Å². The number of halogens is 2. The SMILES string of the molecule is N#Cc1cc(Br)ccc1NC(c1ccc(Cl)cc1)C1CC1. The van der Waals surface area contributed by atoms with Crippen LogP contribution in [0.4, 0.5) is 5.69 Å². The van der Waals surface area contributed by atoms with Gasteiger partial charge in [0.25, 0.3) is 0 Å². The number of nitrogens with zero attached hydrogens (tertiary/aromatic N) is 1. The van der Waals surface area contributed by atoms with Gasteiger partial charge in [0.15, 0.2) is 0 Å². The van der Waals surface area contributed by atoms with Gasteiger partial charge in [0.05, 0.1) is 17.3 Å². The van der Waals surface area contributed by atoms with Crippen molar-refractivity contribution in [3.05, 3.63) is 63.1 Å². The second-order valence-electron chi connectivity index (χ2n) is 5.31. The number of nitrogens with one attached hydrogen (secondary N) is 1. The maximum Gasteiger partial charge on any atom is 0.101 e. The molecule has 0 aromatic heterocycles. The van der Waals surface area contributed by atoms with Crippen LogP contribution in [0.25, 0.3) is 0 Å². The monoisotopic (exact) mass is 360 g/mol. The summed E-state index contributed by atoms with van der Waals surface area (Å²) in [5.41, 5.74) is 2.75. The molecule has 2 aromatic rings. The lowest BCUT2D eigenvalue weighted by atomic mass is 10.0. The highest BCUT2D eigenvalue weighted by atomic mass is 79.9. The van der Waals surface area contributed by atoms with Crippen LogP contribution in [-0.4, -0.2) is 0 Å². The Morgan fingerprint density at radius 1 is 1.19 bits per heavy atom. The second-order valence-corrected chi connectivity index (χ2v) is 6.66. The Bertz CT molecular complexity index is 687. The zero-order valence-corrected chi connectivity index (χ0v) is 13.7. The summed E-state index contributed by atoms with van der Waals surface area (Å²) in [6.45, 7) is 0. The van der Waals surface area contributed by atoms with Crippen LogP contribution in [0.15, 0.2) is 46.9 Å². The molecule has 1 saturated carbocycles. The number of hydrogen-bond donors (Lipinski definition) is 1. The molecule has 106 valence electrons. The normalized spacial score (nSPS) is 15.3. The van der Waals surface area contributed by atoms with Crippen LogP contribution in [0.1, 0.15) is 30.0 Å². The van der Waals surface area contributed by atoms with Crippen LogP contribution >= 0.6 is 27.5 Å². The van der Waals surface area contributed by atoms with Crippen molar-refractivity contribution in [2.24, 2.45) is 5.92 Å². The minimum atomic E-state index is 0.232. The molecule has 0 heterocycles. The van der Waals surface area contributed by atoms with Crippen LogP contribution in [-0.2, 0) is 0 Å². The lowest BCUT2D eigenvalue weighted by Gasteiger charge is -2.21. The zero-order chi connectivity index (χ0) is 14.8. The number of hydrogen-bond acceptors (Lipinski definition) is 2. The van der Waals surface area contributed by atoms with Crippen LogP contribution in [0, 0.1) is 17.2 Å². The number of rotatable bonds is 4. The third kappa shape index (κ3) is 3.40. The molecule has 1 fully saturated rings. The van der Waals surface area contributed by atoms with E-state index in [9.17, 15) is 5.26 Å². The van der Waals surface area contributed by atoms with Gasteiger partial charge in [-0.15, -0.1) is 0 Å². The quantitative estimate of drug-likeness (QED) is 0.776. The molecule has 0 amide bonds. The average molecular weight is 362 g/mol. The summed E-state index contributed by atoms with van der Waals surface area (Å²) in [6, 6.07) is 16.2. The van der Waals surface area contributed by atoms with E-state index in [4.69, 9.17) is 11.6 Å². The smallest absolute Gasteiger partial charge is 0.101 e. The molecule has 0 aliphatic heterocycles. The molecular formula is C17H14BrClN2. The van der Waals surface area contributed by atoms with Gasteiger partial charge in [-0.3, -0.25) is 0 Å². The van der Waals surface area contributed by atoms with E-state index in [1.165, 1.54) is 18.4 Å². The van der Waals surface area contributed by atoms with Gasteiger partial charge in [0, 0.05) is 9.50 Å². The molecule has 0 saturated heterocycles. The Morgan fingerprint density at radius 2 is 1.90 bits per heavy atom. The molecule has 4 heteroatoms.